The molecule has 4 rings (SSSR count). The second-order valence-electron chi connectivity index (χ2n) is 7.35. The lowest BCUT2D eigenvalue weighted by Crippen LogP contribution is -2.22. The van der Waals surface area contributed by atoms with Crippen molar-refractivity contribution < 1.29 is 4.42 Å². The first kappa shape index (κ1) is 17.9. The number of oxazole rings is 1. The van der Waals surface area contributed by atoms with Crippen LogP contribution in [0.25, 0.3) is 23.2 Å². The predicted octanol–water partition coefficient (Wildman–Crippen LogP) is 0.530. The zero-order valence-corrected chi connectivity index (χ0v) is 16.0. The first-order valence-electron chi connectivity index (χ1n) is 9.10. The summed E-state index contributed by atoms with van der Waals surface area (Å²) in [6, 6.07) is 0.199. The van der Waals surface area contributed by atoms with Crippen LogP contribution in [0.2, 0.25) is 0 Å². The Labute approximate surface area is 161 Å². The van der Waals surface area contributed by atoms with E-state index in [4.69, 9.17) is 26.7 Å². The van der Waals surface area contributed by atoms with Crippen LogP contribution in [-0.4, -0.2) is 24.7 Å². The molecule has 144 valence electrons. The lowest BCUT2D eigenvalue weighted by Gasteiger charge is -2.15. The van der Waals surface area contributed by atoms with Gasteiger partial charge in [-0.05, 0) is 25.3 Å². The van der Waals surface area contributed by atoms with E-state index in [2.05, 4.69) is 47.6 Å². The monoisotopic (exact) mass is 378 g/mol. The van der Waals surface area contributed by atoms with Gasteiger partial charge in [0.15, 0.2) is 11.1 Å². The zero-order valence-electron chi connectivity index (χ0n) is 16.0. The number of nitrogens with zero attached hydrogens (tertiary/aromatic N) is 5. The van der Waals surface area contributed by atoms with Gasteiger partial charge in [-0.2, -0.15) is 20.1 Å². The van der Waals surface area contributed by atoms with Crippen molar-refractivity contribution in [3.05, 3.63) is 16.5 Å². The molecule has 0 aliphatic heterocycles. The van der Waals surface area contributed by atoms with Gasteiger partial charge < -0.3 is 21.6 Å². The Balaban J connectivity index is 1.94. The van der Waals surface area contributed by atoms with Gasteiger partial charge in [-0.3, -0.25) is 0 Å². The summed E-state index contributed by atoms with van der Waals surface area (Å²) in [7, 11) is 0. The van der Waals surface area contributed by atoms with Gasteiger partial charge in [0.2, 0.25) is 5.95 Å². The van der Waals surface area contributed by atoms with E-state index in [-0.39, 0.29) is 29.7 Å². The summed E-state index contributed by atoms with van der Waals surface area (Å²) in [4.78, 5) is 12.8. The van der Waals surface area contributed by atoms with Crippen molar-refractivity contribution in [2.45, 2.75) is 39.2 Å². The molecular formula is C19H22N8O. The summed E-state index contributed by atoms with van der Waals surface area (Å²) < 4.78 is 7.23. The van der Waals surface area contributed by atoms with Crippen LogP contribution in [0.15, 0.2) is 4.42 Å². The Bertz CT molecular complexity index is 1240. The molecule has 0 fully saturated rings. The molecule has 0 radical (unpaired) electrons. The highest BCUT2D eigenvalue weighted by atomic mass is 16.4. The third kappa shape index (κ3) is 3.03. The third-order valence-corrected chi connectivity index (χ3v) is 4.61. The van der Waals surface area contributed by atoms with E-state index in [9.17, 15) is 0 Å². The van der Waals surface area contributed by atoms with Crippen molar-refractivity contribution in [1.82, 2.24) is 24.7 Å². The molecule has 1 aliphatic carbocycles. The lowest BCUT2D eigenvalue weighted by atomic mass is 10.0. The highest BCUT2D eigenvalue weighted by Crippen LogP contribution is 2.32. The first-order valence-corrected chi connectivity index (χ1v) is 9.10. The van der Waals surface area contributed by atoms with Crippen LogP contribution in [-0.2, 0) is 0 Å². The molecule has 0 saturated carbocycles. The number of nitrogens with two attached hydrogens (primary N) is 3. The number of rotatable bonds is 4. The fraction of sp³-hybridized carbons (Fsp3) is 0.368. The van der Waals surface area contributed by atoms with Gasteiger partial charge in [0.05, 0.1) is 23.0 Å². The number of fused-ring (bicyclic) bond motifs is 2. The minimum Gasteiger partial charge on any atom is -0.423 e. The van der Waals surface area contributed by atoms with Gasteiger partial charge in [0.25, 0.3) is 6.01 Å². The highest BCUT2D eigenvalue weighted by molar-refractivity contribution is 5.91. The predicted molar refractivity (Wildman–Crippen MR) is 108 cm³/mol. The second kappa shape index (κ2) is 6.56. The van der Waals surface area contributed by atoms with Crippen molar-refractivity contribution in [2.24, 2.45) is 5.92 Å². The Kier molecular flexibility index (Phi) is 4.19. The van der Waals surface area contributed by atoms with Gasteiger partial charge in [-0.15, -0.1) is 0 Å². The molecule has 3 aromatic heterocycles. The number of nitrogen functional groups attached to an aromatic ring is 3. The van der Waals surface area contributed by atoms with Gasteiger partial charge >= 0.3 is 0 Å². The molecule has 1 unspecified atom stereocenters. The summed E-state index contributed by atoms with van der Waals surface area (Å²) in [5.74, 6) is 6.66. The third-order valence-electron chi connectivity index (χ3n) is 4.61. The van der Waals surface area contributed by atoms with Crippen LogP contribution in [0.3, 0.4) is 0 Å². The SMILES string of the molecule is CC(C)C[C@H](C)n1nc(C2C#CC=c3oc(N)nc3=C2)c2c(N)nc(N)nc21. The standard InChI is InChI=1S/C19H22N8O/c1-9(2)7-10(3)27-17-14(16(20)24-18(21)25-17)15(26-27)11-5-4-6-13-12(8-11)23-19(22)28-13/h6,8-11H,7H2,1-3H3,(H2,22,23)(H4,20,21,24,25)/t10-,11?/m0/s1. The summed E-state index contributed by atoms with van der Waals surface area (Å²) >= 11 is 0. The highest BCUT2D eigenvalue weighted by Gasteiger charge is 2.24. The van der Waals surface area contributed by atoms with E-state index in [0.717, 1.165) is 6.42 Å². The van der Waals surface area contributed by atoms with Gasteiger partial charge in [0.1, 0.15) is 11.2 Å². The maximum atomic E-state index is 6.21. The molecule has 1 aliphatic rings. The topological polar surface area (TPSA) is 148 Å². The second-order valence-corrected chi connectivity index (χ2v) is 7.35. The average Bonchev–Trinajstić information content (AvgIpc) is 3.08. The van der Waals surface area contributed by atoms with Gasteiger partial charge in [-0.1, -0.05) is 25.7 Å². The fourth-order valence-electron chi connectivity index (χ4n) is 3.54. The van der Waals surface area contributed by atoms with Gasteiger partial charge in [-0.25, -0.2) is 4.68 Å². The van der Waals surface area contributed by atoms with Crippen LogP contribution in [0.1, 0.15) is 44.8 Å². The molecule has 3 aromatic rings. The fourth-order valence-corrected chi connectivity index (χ4v) is 3.54. The maximum absolute atomic E-state index is 6.21. The largest absolute Gasteiger partial charge is 0.423 e. The Hall–Kier alpha value is -3.54. The number of hydrogen-bond acceptors (Lipinski definition) is 8. The molecule has 9 heteroatoms. The minimum absolute atomic E-state index is 0.0940. The number of hydrogen-bond donors (Lipinski definition) is 3. The molecule has 9 nitrogen and oxygen atoms in total. The Morgan fingerprint density at radius 2 is 1.96 bits per heavy atom. The summed E-state index contributed by atoms with van der Waals surface area (Å²) in [6.45, 7) is 6.42. The van der Waals surface area contributed by atoms with E-state index in [1.165, 1.54) is 0 Å². The van der Waals surface area contributed by atoms with Crippen LogP contribution in [0, 0.1) is 17.8 Å². The number of anilines is 3. The molecule has 2 atom stereocenters. The first-order chi connectivity index (χ1) is 13.3. The molecule has 6 N–H and O–H groups in total. The molecule has 0 saturated heterocycles. The van der Waals surface area contributed by atoms with Crippen molar-refractivity contribution in [2.75, 3.05) is 17.2 Å². The Morgan fingerprint density at radius 1 is 1.18 bits per heavy atom. The molecule has 0 spiro atoms. The smallest absolute Gasteiger partial charge is 0.292 e. The van der Waals surface area contributed by atoms with E-state index < -0.39 is 0 Å². The van der Waals surface area contributed by atoms with Crippen molar-refractivity contribution in [3.63, 3.8) is 0 Å². The molecule has 0 aromatic carbocycles. The summed E-state index contributed by atoms with van der Waals surface area (Å²) in [5, 5.41) is 6.09. The molecule has 3 heterocycles. The summed E-state index contributed by atoms with van der Waals surface area (Å²) in [6.07, 6.45) is 4.44. The molecule has 0 bridgehead atoms. The van der Waals surface area contributed by atoms with E-state index in [0.29, 0.717) is 33.4 Å². The zero-order chi connectivity index (χ0) is 20.0. The van der Waals surface area contributed by atoms with E-state index >= 15 is 0 Å². The number of aromatic nitrogens is 5. The van der Waals surface area contributed by atoms with Crippen LogP contribution >= 0.6 is 0 Å². The maximum Gasteiger partial charge on any atom is 0.292 e. The van der Waals surface area contributed by atoms with Crippen LogP contribution in [0.4, 0.5) is 17.8 Å². The summed E-state index contributed by atoms with van der Waals surface area (Å²) in [5.41, 5.74) is 19.5. The van der Waals surface area contributed by atoms with Gasteiger partial charge in [0, 0.05) is 6.08 Å². The Morgan fingerprint density at radius 3 is 2.71 bits per heavy atom. The van der Waals surface area contributed by atoms with Crippen molar-refractivity contribution in [3.8, 4) is 11.8 Å². The van der Waals surface area contributed by atoms with Crippen LogP contribution < -0.4 is 28.0 Å². The molecule has 0 amide bonds. The van der Waals surface area contributed by atoms with E-state index in [1.807, 2.05) is 10.8 Å². The minimum atomic E-state index is -0.369. The lowest BCUT2D eigenvalue weighted by molar-refractivity contribution is 0.404. The molecular weight excluding hydrogens is 356 g/mol. The van der Waals surface area contributed by atoms with Crippen molar-refractivity contribution >= 4 is 41.0 Å². The van der Waals surface area contributed by atoms with Crippen LogP contribution in [0.5, 0.6) is 0 Å². The van der Waals surface area contributed by atoms with Crippen molar-refractivity contribution in [1.29, 1.82) is 0 Å². The van der Waals surface area contributed by atoms with E-state index in [1.54, 1.807) is 6.08 Å². The quantitative estimate of drug-likeness (QED) is 0.557. The average molecular weight is 378 g/mol. The molecule has 28 heavy (non-hydrogen) atoms. The normalized spacial score (nSPS) is 16.6.